The average molecular weight is 300 g/mol. The SMILES string of the molecule is COc1cc2c(cc1O)C[C@]1(O)COC3=CC(=O)C=C[C@@]32C1. The molecule has 0 aromatic heterocycles. The van der Waals surface area contributed by atoms with Gasteiger partial charge in [0.15, 0.2) is 17.3 Å². The third-order valence-electron chi connectivity index (χ3n) is 4.75. The summed E-state index contributed by atoms with van der Waals surface area (Å²) in [7, 11) is 1.49. The molecule has 1 aromatic carbocycles. The normalized spacial score (nSPS) is 31.7. The van der Waals surface area contributed by atoms with Gasteiger partial charge in [-0.05, 0) is 29.3 Å². The molecular weight excluding hydrogens is 284 g/mol. The van der Waals surface area contributed by atoms with Crippen LogP contribution >= 0.6 is 0 Å². The first-order valence-electron chi connectivity index (χ1n) is 7.17. The molecule has 4 rings (SSSR count). The van der Waals surface area contributed by atoms with E-state index in [-0.39, 0.29) is 18.1 Å². The van der Waals surface area contributed by atoms with Crippen molar-refractivity contribution in [3.8, 4) is 11.5 Å². The molecule has 0 radical (unpaired) electrons. The predicted molar refractivity (Wildman–Crippen MR) is 77.8 cm³/mol. The van der Waals surface area contributed by atoms with Crippen molar-refractivity contribution < 1.29 is 24.5 Å². The van der Waals surface area contributed by atoms with Crippen molar-refractivity contribution in [1.29, 1.82) is 0 Å². The summed E-state index contributed by atoms with van der Waals surface area (Å²) in [6, 6.07) is 3.40. The standard InChI is InChI=1S/C17H16O5/c1-21-14-6-12-10(4-13(14)19)7-16(20)8-17(12)3-2-11(18)5-15(17)22-9-16/h2-6,19-20H,7-9H2,1H3/t16-,17+/m1/s1. The van der Waals surface area contributed by atoms with Gasteiger partial charge in [0.2, 0.25) is 0 Å². The number of carbonyl (C=O) groups is 1. The quantitative estimate of drug-likeness (QED) is 0.819. The molecule has 0 unspecified atom stereocenters. The molecule has 1 aliphatic heterocycles. The highest BCUT2D eigenvalue weighted by molar-refractivity contribution is 6.01. The number of hydrogen-bond donors (Lipinski definition) is 2. The zero-order chi connectivity index (χ0) is 15.5. The zero-order valence-electron chi connectivity index (χ0n) is 12.1. The molecule has 1 aromatic rings. The predicted octanol–water partition coefficient (Wildman–Crippen LogP) is 1.37. The molecule has 0 saturated carbocycles. The number of aromatic hydroxyl groups is 1. The van der Waals surface area contributed by atoms with Crippen LogP contribution in [-0.4, -0.2) is 35.3 Å². The van der Waals surface area contributed by atoms with Gasteiger partial charge in [-0.2, -0.15) is 0 Å². The van der Waals surface area contributed by atoms with Crippen LogP contribution in [0.15, 0.2) is 36.1 Å². The van der Waals surface area contributed by atoms with E-state index in [9.17, 15) is 15.0 Å². The molecule has 2 aliphatic carbocycles. The number of benzene rings is 1. The van der Waals surface area contributed by atoms with E-state index in [0.717, 1.165) is 11.1 Å². The number of phenolic OH excluding ortho intramolecular Hbond substituents is 1. The van der Waals surface area contributed by atoms with Gasteiger partial charge in [-0.15, -0.1) is 0 Å². The van der Waals surface area contributed by atoms with Crippen LogP contribution in [0.25, 0.3) is 0 Å². The maximum Gasteiger partial charge on any atom is 0.181 e. The Balaban J connectivity index is 1.99. The van der Waals surface area contributed by atoms with Gasteiger partial charge >= 0.3 is 0 Å². The van der Waals surface area contributed by atoms with Crippen LogP contribution in [0.3, 0.4) is 0 Å². The summed E-state index contributed by atoms with van der Waals surface area (Å²) in [5, 5.41) is 20.8. The number of hydrogen-bond acceptors (Lipinski definition) is 5. The van der Waals surface area contributed by atoms with Crippen molar-refractivity contribution in [2.24, 2.45) is 0 Å². The van der Waals surface area contributed by atoms with Crippen molar-refractivity contribution in [2.75, 3.05) is 13.7 Å². The molecule has 1 heterocycles. The number of methoxy groups -OCH3 is 1. The fraction of sp³-hybridized carbons (Fsp3) is 0.353. The Hall–Kier alpha value is -2.27. The van der Waals surface area contributed by atoms with Crippen LogP contribution in [0.2, 0.25) is 0 Å². The lowest BCUT2D eigenvalue weighted by atomic mass is 9.60. The van der Waals surface area contributed by atoms with E-state index in [1.54, 1.807) is 18.2 Å². The van der Waals surface area contributed by atoms with Crippen molar-refractivity contribution in [2.45, 2.75) is 23.9 Å². The third kappa shape index (κ3) is 1.66. The maximum absolute atomic E-state index is 11.7. The highest BCUT2D eigenvalue weighted by Gasteiger charge is 2.54. The highest BCUT2D eigenvalue weighted by Crippen LogP contribution is 2.53. The summed E-state index contributed by atoms with van der Waals surface area (Å²) >= 11 is 0. The first-order valence-corrected chi connectivity index (χ1v) is 7.17. The zero-order valence-corrected chi connectivity index (χ0v) is 12.1. The number of phenols is 1. The van der Waals surface area contributed by atoms with E-state index in [4.69, 9.17) is 9.47 Å². The van der Waals surface area contributed by atoms with Crippen LogP contribution in [0.1, 0.15) is 17.5 Å². The number of carbonyl (C=O) groups excluding carboxylic acids is 1. The molecule has 22 heavy (non-hydrogen) atoms. The third-order valence-corrected chi connectivity index (χ3v) is 4.75. The monoisotopic (exact) mass is 300 g/mol. The van der Waals surface area contributed by atoms with Gasteiger partial charge in [0, 0.05) is 18.9 Å². The second-order valence-electron chi connectivity index (χ2n) is 6.26. The Labute approximate surface area is 127 Å². The fourth-order valence-electron chi connectivity index (χ4n) is 3.83. The molecule has 1 saturated heterocycles. The molecule has 1 fully saturated rings. The largest absolute Gasteiger partial charge is 0.504 e. The maximum atomic E-state index is 11.7. The number of rotatable bonds is 1. The van der Waals surface area contributed by atoms with Crippen LogP contribution in [0.5, 0.6) is 11.5 Å². The molecule has 5 heteroatoms. The summed E-state index contributed by atoms with van der Waals surface area (Å²) in [6.45, 7) is 0.147. The molecule has 2 N–H and O–H groups in total. The van der Waals surface area contributed by atoms with Crippen molar-refractivity contribution in [3.05, 3.63) is 47.2 Å². The summed E-state index contributed by atoms with van der Waals surface area (Å²) in [4.78, 5) is 11.7. The lowest BCUT2D eigenvalue weighted by Crippen LogP contribution is -2.54. The van der Waals surface area contributed by atoms with Crippen molar-refractivity contribution in [1.82, 2.24) is 0 Å². The Kier molecular flexibility index (Phi) is 2.52. The number of allylic oxidation sites excluding steroid dienone is 3. The summed E-state index contributed by atoms with van der Waals surface area (Å²) in [5.41, 5.74) is 0.0766. The molecule has 114 valence electrons. The van der Waals surface area contributed by atoms with Crippen molar-refractivity contribution >= 4 is 5.78 Å². The van der Waals surface area contributed by atoms with Crippen LogP contribution < -0.4 is 4.74 Å². The van der Waals surface area contributed by atoms with E-state index in [1.807, 2.05) is 0 Å². The topological polar surface area (TPSA) is 76.0 Å². The van der Waals surface area contributed by atoms with E-state index < -0.39 is 11.0 Å². The van der Waals surface area contributed by atoms with Crippen molar-refractivity contribution in [3.63, 3.8) is 0 Å². The molecule has 5 nitrogen and oxygen atoms in total. The highest BCUT2D eigenvalue weighted by atomic mass is 16.5. The summed E-state index contributed by atoms with van der Waals surface area (Å²) in [5.74, 6) is 0.847. The van der Waals surface area contributed by atoms with Crippen LogP contribution in [0, 0.1) is 0 Å². The molecule has 1 spiro atoms. The van der Waals surface area contributed by atoms with Gasteiger partial charge in [-0.3, -0.25) is 4.79 Å². The minimum absolute atomic E-state index is 0.0449. The van der Waals surface area contributed by atoms with Gasteiger partial charge in [0.1, 0.15) is 18.0 Å². The Morgan fingerprint density at radius 2 is 2.18 bits per heavy atom. The second kappa shape index (κ2) is 4.14. The number of ketones is 1. The smallest absolute Gasteiger partial charge is 0.181 e. The van der Waals surface area contributed by atoms with Crippen LogP contribution in [-0.2, 0) is 21.4 Å². The molecule has 0 amide bonds. The molecule has 2 atom stereocenters. The van der Waals surface area contributed by atoms with E-state index >= 15 is 0 Å². The van der Waals surface area contributed by atoms with Gasteiger partial charge in [0.25, 0.3) is 0 Å². The minimum atomic E-state index is -1.00. The van der Waals surface area contributed by atoms with Gasteiger partial charge in [-0.25, -0.2) is 0 Å². The Morgan fingerprint density at radius 1 is 1.36 bits per heavy atom. The van der Waals surface area contributed by atoms with Gasteiger partial charge < -0.3 is 19.7 Å². The Bertz CT molecular complexity index is 748. The lowest BCUT2D eigenvalue weighted by molar-refractivity contribution is -0.113. The fourth-order valence-corrected chi connectivity index (χ4v) is 3.83. The molecular formula is C17H16O5. The number of ether oxygens (including phenoxy) is 2. The van der Waals surface area contributed by atoms with Gasteiger partial charge in [-0.1, -0.05) is 6.08 Å². The lowest BCUT2D eigenvalue weighted by Gasteiger charge is -2.50. The Morgan fingerprint density at radius 3 is 2.95 bits per heavy atom. The van der Waals surface area contributed by atoms with Gasteiger partial charge in [0.05, 0.1) is 12.5 Å². The van der Waals surface area contributed by atoms with E-state index in [0.29, 0.717) is 24.4 Å². The first kappa shape index (κ1) is 13.4. The molecule has 3 aliphatic rings. The minimum Gasteiger partial charge on any atom is -0.504 e. The molecule has 2 bridgehead atoms. The van der Waals surface area contributed by atoms with E-state index in [1.165, 1.54) is 19.3 Å². The number of fused-ring (bicyclic) bond motifs is 2. The van der Waals surface area contributed by atoms with E-state index in [2.05, 4.69) is 0 Å². The first-order chi connectivity index (χ1) is 10.5. The average Bonchev–Trinajstić information content (AvgIpc) is 2.47. The second-order valence-corrected chi connectivity index (χ2v) is 6.26. The summed E-state index contributed by atoms with van der Waals surface area (Å²) in [6.07, 6.45) is 5.64. The summed E-state index contributed by atoms with van der Waals surface area (Å²) < 4.78 is 10.9. The van der Waals surface area contributed by atoms with Crippen LogP contribution in [0.4, 0.5) is 0 Å². The number of aliphatic hydroxyl groups is 1.